The Hall–Kier alpha value is -3.93. The largest absolute Gasteiger partial charge is 0.493 e. The van der Waals surface area contributed by atoms with Crippen molar-refractivity contribution in [2.24, 2.45) is 27.7 Å². The summed E-state index contributed by atoms with van der Waals surface area (Å²) in [6.45, 7) is 1.13. The number of methoxy groups -OCH3 is 2. The number of aliphatic carboxylic acids is 1. The van der Waals surface area contributed by atoms with Crippen molar-refractivity contribution in [3.8, 4) is 11.5 Å². The fraction of sp³-hybridized carbons (Fsp3) is 0.462. The number of Topliss-reactive ketones (excluding diaryl/α,β-unsaturated/α-hetero) is 1. The predicted octanol–water partition coefficient (Wildman–Crippen LogP) is 1.69. The van der Waals surface area contributed by atoms with Crippen LogP contribution in [-0.2, 0) is 21.0 Å². The highest BCUT2D eigenvalue weighted by molar-refractivity contribution is 6.19. The normalized spacial score (nSPS) is 26.0. The van der Waals surface area contributed by atoms with E-state index in [1.807, 2.05) is 6.07 Å². The van der Waals surface area contributed by atoms with Gasteiger partial charge in [-0.1, -0.05) is 11.2 Å². The minimum Gasteiger partial charge on any atom is -0.493 e. The maximum absolute atomic E-state index is 15.3. The molecule has 3 atom stereocenters. The number of dihydropyridines is 1. The van der Waals surface area contributed by atoms with Crippen LogP contribution in [0.5, 0.6) is 11.5 Å². The van der Waals surface area contributed by atoms with E-state index in [2.05, 4.69) is 10.1 Å². The van der Waals surface area contributed by atoms with Gasteiger partial charge < -0.3 is 35.0 Å². The van der Waals surface area contributed by atoms with Crippen molar-refractivity contribution in [2.45, 2.75) is 31.7 Å². The predicted molar refractivity (Wildman–Crippen MR) is 135 cm³/mol. The lowest BCUT2D eigenvalue weighted by Gasteiger charge is -2.39. The van der Waals surface area contributed by atoms with E-state index in [-0.39, 0.29) is 43.1 Å². The van der Waals surface area contributed by atoms with E-state index in [1.165, 1.54) is 12.3 Å². The second-order valence-electron chi connectivity index (χ2n) is 9.66. The van der Waals surface area contributed by atoms with Crippen LogP contribution < -0.4 is 15.2 Å². The molecule has 2 fully saturated rings. The fourth-order valence-electron chi connectivity index (χ4n) is 5.00. The van der Waals surface area contributed by atoms with Gasteiger partial charge in [0.15, 0.2) is 28.9 Å². The number of nitrogens with zero attached hydrogens (tertiary/aromatic N) is 4. The maximum Gasteiger partial charge on any atom is 0.340 e. The van der Waals surface area contributed by atoms with E-state index >= 15 is 4.39 Å². The Morgan fingerprint density at radius 2 is 2.03 bits per heavy atom. The molecule has 202 valence electrons. The number of hydrogen-bond donors (Lipinski definition) is 2. The van der Waals surface area contributed by atoms with Gasteiger partial charge in [-0.25, -0.2) is 14.2 Å². The third kappa shape index (κ3) is 4.83. The molecule has 1 aromatic rings. The van der Waals surface area contributed by atoms with Crippen LogP contribution in [0.2, 0.25) is 0 Å². The van der Waals surface area contributed by atoms with Gasteiger partial charge in [0.25, 0.3) is 0 Å². The second-order valence-corrected chi connectivity index (χ2v) is 9.66. The summed E-state index contributed by atoms with van der Waals surface area (Å²) in [5.41, 5.74) is 7.14. The SMILES string of the molecule is COc1ccc(CO/N=C2/CN(C3=NC4C(C=C3F)C(=O)C(C(=O)O)=CN4C3CC3)CC2CN)cc1OC. The summed E-state index contributed by atoms with van der Waals surface area (Å²) in [6, 6.07) is 5.51. The number of rotatable bonds is 8. The van der Waals surface area contributed by atoms with Crippen molar-refractivity contribution in [3.05, 3.63) is 47.4 Å². The molecule has 3 heterocycles. The molecular weight excluding hydrogens is 497 g/mol. The van der Waals surface area contributed by atoms with Gasteiger partial charge in [0.05, 0.1) is 32.4 Å². The first-order valence-corrected chi connectivity index (χ1v) is 12.4. The molecule has 0 bridgehead atoms. The number of ketones is 1. The minimum atomic E-state index is -1.32. The fourth-order valence-corrected chi connectivity index (χ4v) is 5.00. The van der Waals surface area contributed by atoms with Crippen LogP contribution in [0.15, 0.2) is 52.0 Å². The van der Waals surface area contributed by atoms with Gasteiger partial charge in [0.1, 0.15) is 18.3 Å². The molecule has 0 aromatic heterocycles. The highest BCUT2D eigenvalue weighted by Crippen LogP contribution is 2.39. The van der Waals surface area contributed by atoms with E-state index in [4.69, 9.17) is 20.0 Å². The molecule has 4 aliphatic rings. The van der Waals surface area contributed by atoms with Crippen LogP contribution in [0, 0.1) is 11.8 Å². The van der Waals surface area contributed by atoms with Crippen molar-refractivity contribution in [2.75, 3.05) is 33.9 Å². The average Bonchev–Trinajstić information content (AvgIpc) is 3.68. The van der Waals surface area contributed by atoms with Crippen LogP contribution >= 0.6 is 0 Å². The molecule has 12 heteroatoms. The molecule has 38 heavy (non-hydrogen) atoms. The first-order chi connectivity index (χ1) is 18.3. The smallest absolute Gasteiger partial charge is 0.340 e. The van der Waals surface area contributed by atoms with Gasteiger partial charge in [0, 0.05) is 31.2 Å². The molecule has 3 N–H and O–H groups in total. The number of likely N-dealkylation sites (tertiary alicyclic amines) is 1. The van der Waals surface area contributed by atoms with Crippen molar-refractivity contribution in [1.29, 1.82) is 0 Å². The molecule has 1 saturated carbocycles. The number of carbonyl (C=O) groups excluding carboxylic acids is 1. The summed E-state index contributed by atoms with van der Waals surface area (Å²) < 4.78 is 25.9. The molecule has 5 rings (SSSR count). The zero-order valence-corrected chi connectivity index (χ0v) is 21.2. The first kappa shape index (κ1) is 25.7. The van der Waals surface area contributed by atoms with Crippen molar-refractivity contribution < 1.29 is 33.4 Å². The summed E-state index contributed by atoms with van der Waals surface area (Å²) in [5.74, 6) is -2.47. The Morgan fingerprint density at radius 1 is 1.26 bits per heavy atom. The molecule has 1 aliphatic carbocycles. The molecule has 0 radical (unpaired) electrons. The first-order valence-electron chi connectivity index (χ1n) is 12.4. The lowest BCUT2D eigenvalue weighted by atomic mass is 9.88. The second kappa shape index (κ2) is 10.4. The number of aliphatic imine (C=N–C) groups is 1. The summed E-state index contributed by atoms with van der Waals surface area (Å²) in [4.78, 5) is 38.2. The van der Waals surface area contributed by atoms with Gasteiger partial charge in [-0.15, -0.1) is 0 Å². The van der Waals surface area contributed by atoms with Gasteiger partial charge in [-0.3, -0.25) is 4.79 Å². The third-order valence-electron chi connectivity index (χ3n) is 7.18. The zero-order chi connectivity index (χ0) is 27.0. The Bertz CT molecular complexity index is 1260. The highest BCUT2D eigenvalue weighted by atomic mass is 19.1. The number of carboxylic acids is 1. The number of halogens is 1. The molecule has 3 aliphatic heterocycles. The Morgan fingerprint density at radius 3 is 2.68 bits per heavy atom. The Kier molecular flexibility index (Phi) is 7.06. The van der Waals surface area contributed by atoms with Crippen LogP contribution in [0.1, 0.15) is 18.4 Å². The number of amidine groups is 1. The number of nitrogens with two attached hydrogens (primary N) is 1. The highest BCUT2D eigenvalue weighted by Gasteiger charge is 2.47. The van der Waals surface area contributed by atoms with E-state index in [0.717, 1.165) is 18.4 Å². The molecule has 0 spiro atoms. The summed E-state index contributed by atoms with van der Waals surface area (Å²) in [6.07, 6.45) is 3.60. The van der Waals surface area contributed by atoms with Crippen molar-refractivity contribution >= 4 is 23.3 Å². The van der Waals surface area contributed by atoms with Crippen LogP contribution in [-0.4, -0.2) is 84.3 Å². The lowest BCUT2D eigenvalue weighted by Crippen LogP contribution is -2.49. The maximum atomic E-state index is 15.3. The number of carboxylic acid groups (broad SMARTS) is 1. The number of ether oxygens (including phenoxy) is 2. The molecule has 1 aromatic carbocycles. The van der Waals surface area contributed by atoms with Gasteiger partial charge in [0.2, 0.25) is 0 Å². The topological polar surface area (TPSA) is 139 Å². The monoisotopic (exact) mass is 527 g/mol. The van der Waals surface area contributed by atoms with Crippen LogP contribution in [0.4, 0.5) is 4.39 Å². The number of hydrogen-bond acceptors (Lipinski definition) is 10. The van der Waals surface area contributed by atoms with E-state index < -0.39 is 29.7 Å². The molecule has 1 saturated heterocycles. The molecular formula is C26H30FN5O6. The van der Waals surface area contributed by atoms with Crippen LogP contribution in [0.25, 0.3) is 0 Å². The van der Waals surface area contributed by atoms with Crippen LogP contribution in [0.3, 0.4) is 0 Å². The summed E-state index contributed by atoms with van der Waals surface area (Å²) >= 11 is 0. The van der Waals surface area contributed by atoms with Crippen molar-refractivity contribution in [1.82, 2.24) is 9.80 Å². The van der Waals surface area contributed by atoms with E-state index in [0.29, 0.717) is 23.8 Å². The van der Waals surface area contributed by atoms with Gasteiger partial charge >= 0.3 is 5.97 Å². The number of benzene rings is 1. The summed E-state index contributed by atoms with van der Waals surface area (Å²) in [7, 11) is 3.12. The average molecular weight is 528 g/mol. The molecule has 3 unspecified atom stereocenters. The molecule has 11 nitrogen and oxygen atoms in total. The minimum absolute atomic E-state index is 0.0852. The standard InChI is InChI=1S/C26H30FN5O6/c1-36-21-6-3-14(7-22(21)37-2)13-38-30-20-12-31(10-15(20)9-28)25-19(27)8-17-23(33)18(26(34)35)11-32(16-4-5-16)24(17)29-25/h3,6-8,11,15-17,24H,4-5,9-10,12-13,28H2,1-2H3,(H,34,35)/b30-20-. The van der Waals surface area contributed by atoms with Gasteiger partial charge in [-0.05, 0) is 36.6 Å². The van der Waals surface area contributed by atoms with Gasteiger partial charge in [-0.2, -0.15) is 0 Å². The molecule has 0 amide bonds. The van der Waals surface area contributed by atoms with Crippen molar-refractivity contribution in [3.63, 3.8) is 0 Å². The van der Waals surface area contributed by atoms with E-state index in [1.54, 1.807) is 36.2 Å². The Balaban J connectivity index is 1.33. The summed E-state index contributed by atoms with van der Waals surface area (Å²) in [5, 5.41) is 13.8. The van der Waals surface area contributed by atoms with E-state index in [9.17, 15) is 14.7 Å². The lowest BCUT2D eigenvalue weighted by molar-refractivity contribution is -0.136. The quantitative estimate of drug-likeness (QED) is 0.382. The third-order valence-corrected chi connectivity index (χ3v) is 7.18. The number of oxime groups is 1. The zero-order valence-electron chi connectivity index (χ0n) is 21.2. The number of carbonyl (C=O) groups is 2. The number of fused-ring (bicyclic) bond motifs is 1. The Labute approximate surface area is 219 Å².